The average Bonchev–Trinajstić information content (AvgIpc) is 2.68. The van der Waals surface area contributed by atoms with E-state index < -0.39 is 17.6 Å². The Morgan fingerprint density at radius 2 is 1.93 bits per heavy atom. The number of hydrogen-bond acceptors (Lipinski definition) is 3. The van der Waals surface area contributed by atoms with E-state index in [0.29, 0.717) is 11.3 Å². The Kier molecular flexibility index (Phi) is 6.12. The minimum absolute atomic E-state index is 0.133. The SMILES string of the molecule is Cc1cc(OCc2ccc(F)cc2F)c(Br)c(=O)n1Cc1cccc(C(=O)O)c1. The zero-order valence-corrected chi connectivity index (χ0v) is 16.9. The highest BCUT2D eigenvalue weighted by molar-refractivity contribution is 9.10. The van der Waals surface area contributed by atoms with Crippen molar-refractivity contribution in [2.24, 2.45) is 0 Å². The topological polar surface area (TPSA) is 68.5 Å². The average molecular weight is 464 g/mol. The fraction of sp³-hybridized carbons (Fsp3) is 0.143. The summed E-state index contributed by atoms with van der Waals surface area (Å²) in [6, 6.07) is 11.1. The summed E-state index contributed by atoms with van der Waals surface area (Å²) >= 11 is 3.21. The zero-order valence-electron chi connectivity index (χ0n) is 15.3. The predicted molar refractivity (Wildman–Crippen MR) is 106 cm³/mol. The van der Waals surface area contributed by atoms with Gasteiger partial charge in [-0.3, -0.25) is 4.79 Å². The Morgan fingerprint density at radius 3 is 2.62 bits per heavy atom. The highest BCUT2D eigenvalue weighted by atomic mass is 79.9. The van der Waals surface area contributed by atoms with Crippen LogP contribution in [-0.4, -0.2) is 15.6 Å². The van der Waals surface area contributed by atoms with E-state index in [-0.39, 0.29) is 40.1 Å². The van der Waals surface area contributed by atoms with E-state index in [2.05, 4.69) is 15.9 Å². The second-order valence-electron chi connectivity index (χ2n) is 6.39. The molecule has 1 aromatic heterocycles. The summed E-state index contributed by atoms with van der Waals surface area (Å²) in [7, 11) is 0. The third kappa shape index (κ3) is 4.71. The number of carboxylic acids is 1. The lowest BCUT2D eigenvalue weighted by molar-refractivity contribution is 0.0696. The maximum atomic E-state index is 13.8. The Hall–Kier alpha value is -3.00. The molecule has 3 rings (SSSR count). The van der Waals surface area contributed by atoms with Crippen molar-refractivity contribution in [2.45, 2.75) is 20.1 Å². The molecule has 29 heavy (non-hydrogen) atoms. The second kappa shape index (κ2) is 8.57. The molecule has 0 aliphatic heterocycles. The van der Waals surface area contributed by atoms with Crippen LogP contribution in [0.4, 0.5) is 8.78 Å². The first-order valence-corrected chi connectivity index (χ1v) is 9.34. The standard InChI is InChI=1S/C21H16BrF2NO4/c1-12-7-18(29-11-15-5-6-16(23)9-17(15)24)19(22)20(26)25(12)10-13-3-2-4-14(8-13)21(27)28/h2-9H,10-11H2,1H3,(H,27,28). The van der Waals surface area contributed by atoms with Gasteiger partial charge in [0, 0.05) is 23.4 Å². The van der Waals surface area contributed by atoms with Crippen molar-refractivity contribution in [3.05, 3.63) is 97.4 Å². The third-order valence-corrected chi connectivity index (χ3v) is 5.06. The molecular weight excluding hydrogens is 448 g/mol. The largest absolute Gasteiger partial charge is 0.487 e. The molecule has 1 N–H and O–H groups in total. The molecule has 0 aliphatic carbocycles. The van der Waals surface area contributed by atoms with Gasteiger partial charge in [0.25, 0.3) is 5.56 Å². The lowest BCUT2D eigenvalue weighted by Crippen LogP contribution is -2.24. The number of carboxylic acid groups (broad SMARTS) is 1. The number of aryl methyl sites for hydroxylation is 1. The van der Waals surface area contributed by atoms with Crippen LogP contribution in [0.15, 0.2) is 57.8 Å². The zero-order chi connectivity index (χ0) is 21.1. The number of hydrogen-bond donors (Lipinski definition) is 1. The Morgan fingerprint density at radius 1 is 1.17 bits per heavy atom. The number of rotatable bonds is 6. The Bertz CT molecular complexity index is 1140. The molecule has 3 aromatic rings. The monoisotopic (exact) mass is 463 g/mol. The molecule has 0 fully saturated rings. The Balaban J connectivity index is 1.85. The quantitative estimate of drug-likeness (QED) is 0.583. The van der Waals surface area contributed by atoms with Gasteiger partial charge in [0.15, 0.2) is 0 Å². The maximum Gasteiger partial charge on any atom is 0.335 e. The number of ether oxygens (including phenoxy) is 1. The molecule has 0 spiro atoms. The van der Waals surface area contributed by atoms with Gasteiger partial charge in [-0.2, -0.15) is 0 Å². The fourth-order valence-corrected chi connectivity index (χ4v) is 3.24. The highest BCUT2D eigenvalue weighted by Gasteiger charge is 2.14. The van der Waals surface area contributed by atoms with Crippen LogP contribution >= 0.6 is 15.9 Å². The minimum atomic E-state index is -1.05. The van der Waals surface area contributed by atoms with Gasteiger partial charge in [0.1, 0.15) is 28.5 Å². The molecule has 150 valence electrons. The van der Waals surface area contributed by atoms with Gasteiger partial charge in [-0.15, -0.1) is 0 Å². The van der Waals surface area contributed by atoms with E-state index in [0.717, 1.165) is 12.1 Å². The summed E-state index contributed by atoms with van der Waals surface area (Å²) < 4.78 is 34.0. The van der Waals surface area contributed by atoms with Crippen molar-refractivity contribution >= 4 is 21.9 Å². The maximum absolute atomic E-state index is 13.8. The Labute approximate surface area is 173 Å². The van der Waals surface area contributed by atoms with Crippen LogP contribution in [0.2, 0.25) is 0 Å². The highest BCUT2D eigenvalue weighted by Crippen LogP contribution is 2.24. The summed E-state index contributed by atoms with van der Waals surface area (Å²) in [6.07, 6.45) is 0. The van der Waals surface area contributed by atoms with Crippen molar-refractivity contribution in [1.29, 1.82) is 0 Å². The van der Waals surface area contributed by atoms with Crippen LogP contribution in [0.3, 0.4) is 0 Å². The van der Waals surface area contributed by atoms with Crippen molar-refractivity contribution in [2.75, 3.05) is 0 Å². The molecule has 0 atom stereocenters. The molecule has 0 amide bonds. The summed E-state index contributed by atoms with van der Waals surface area (Å²) in [5.41, 5.74) is 1.15. The number of aromatic nitrogens is 1. The van der Waals surface area contributed by atoms with E-state index in [9.17, 15) is 18.4 Å². The van der Waals surface area contributed by atoms with E-state index >= 15 is 0 Å². The summed E-state index contributed by atoms with van der Waals surface area (Å²) in [4.78, 5) is 23.9. The van der Waals surface area contributed by atoms with Crippen LogP contribution in [0.5, 0.6) is 5.75 Å². The van der Waals surface area contributed by atoms with E-state index in [1.54, 1.807) is 25.1 Å². The summed E-state index contributed by atoms with van der Waals surface area (Å²) in [5.74, 6) is -2.23. The van der Waals surface area contributed by atoms with Crippen LogP contribution in [0.1, 0.15) is 27.2 Å². The number of aromatic carboxylic acids is 1. The van der Waals surface area contributed by atoms with E-state index in [4.69, 9.17) is 9.84 Å². The first kappa shape index (κ1) is 20.7. The van der Waals surface area contributed by atoms with Gasteiger partial charge >= 0.3 is 5.97 Å². The third-order valence-electron chi connectivity index (χ3n) is 4.33. The second-order valence-corrected chi connectivity index (χ2v) is 7.18. The van der Waals surface area contributed by atoms with Gasteiger partial charge in [-0.1, -0.05) is 12.1 Å². The molecule has 0 unspecified atom stereocenters. The normalized spacial score (nSPS) is 10.8. The summed E-state index contributed by atoms with van der Waals surface area (Å²) in [5, 5.41) is 9.11. The number of nitrogens with zero attached hydrogens (tertiary/aromatic N) is 1. The summed E-state index contributed by atoms with van der Waals surface area (Å²) in [6.45, 7) is 1.71. The lowest BCUT2D eigenvalue weighted by atomic mass is 10.1. The predicted octanol–water partition coefficient (Wildman–Crippen LogP) is 4.52. The number of benzene rings is 2. The number of pyridine rings is 1. The van der Waals surface area contributed by atoms with Crippen LogP contribution in [0, 0.1) is 18.6 Å². The molecule has 0 saturated carbocycles. The lowest BCUT2D eigenvalue weighted by Gasteiger charge is -2.15. The number of halogens is 3. The van der Waals surface area contributed by atoms with Crippen LogP contribution in [0.25, 0.3) is 0 Å². The molecule has 1 heterocycles. The molecule has 2 aromatic carbocycles. The van der Waals surface area contributed by atoms with Gasteiger partial charge in [0.2, 0.25) is 0 Å². The van der Waals surface area contributed by atoms with Crippen LogP contribution < -0.4 is 10.3 Å². The molecule has 5 nitrogen and oxygen atoms in total. The van der Waals surface area contributed by atoms with Gasteiger partial charge < -0.3 is 14.4 Å². The van der Waals surface area contributed by atoms with Crippen molar-refractivity contribution in [3.63, 3.8) is 0 Å². The molecule has 8 heteroatoms. The van der Waals surface area contributed by atoms with Gasteiger partial charge in [-0.05, 0) is 52.7 Å². The van der Waals surface area contributed by atoms with E-state index in [1.165, 1.54) is 22.8 Å². The van der Waals surface area contributed by atoms with Crippen LogP contribution in [-0.2, 0) is 13.2 Å². The van der Waals surface area contributed by atoms with Gasteiger partial charge in [-0.25, -0.2) is 13.6 Å². The molecule has 0 saturated heterocycles. The molecule has 0 bridgehead atoms. The smallest absolute Gasteiger partial charge is 0.335 e. The molecular formula is C21H16BrF2NO4. The van der Waals surface area contributed by atoms with E-state index in [1.807, 2.05) is 0 Å². The van der Waals surface area contributed by atoms with Crippen molar-refractivity contribution < 1.29 is 23.4 Å². The minimum Gasteiger partial charge on any atom is -0.487 e. The number of carbonyl (C=O) groups is 1. The first-order chi connectivity index (χ1) is 13.8. The fourth-order valence-electron chi connectivity index (χ4n) is 2.80. The van der Waals surface area contributed by atoms with Crippen molar-refractivity contribution in [1.82, 2.24) is 4.57 Å². The molecule has 0 radical (unpaired) electrons. The first-order valence-electron chi connectivity index (χ1n) is 8.55. The molecule has 0 aliphatic rings. The van der Waals surface area contributed by atoms with Crippen molar-refractivity contribution in [3.8, 4) is 5.75 Å². The van der Waals surface area contributed by atoms with Gasteiger partial charge in [0.05, 0.1) is 12.1 Å².